The average Bonchev–Trinajstić information content (AvgIpc) is 2.81. The first-order chi connectivity index (χ1) is 8.79. The van der Waals surface area contributed by atoms with Crippen LogP contribution in [0.3, 0.4) is 0 Å². The largest absolute Gasteiger partial charge is 0.496 e. The Kier molecular flexibility index (Phi) is 2.87. The van der Waals surface area contributed by atoms with Crippen molar-refractivity contribution in [2.75, 3.05) is 18.3 Å². The quantitative estimate of drug-likeness (QED) is 0.897. The first kappa shape index (κ1) is 11.4. The Bertz CT molecular complexity index is 569. The van der Waals surface area contributed by atoms with Gasteiger partial charge >= 0.3 is 0 Å². The number of para-hydroxylation sites is 1. The minimum absolute atomic E-state index is 0.395. The molecule has 1 aliphatic heterocycles. The first-order valence-corrected chi connectivity index (χ1v) is 6.76. The van der Waals surface area contributed by atoms with Crippen LogP contribution in [0.15, 0.2) is 29.4 Å². The normalized spacial score (nSPS) is 18.0. The molecule has 1 aromatic carbocycles. The van der Waals surface area contributed by atoms with Crippen LogP contribution in [-0.4, -0.2) is 33.8 Å². The Hall–Kier alpha value is -1.69. The number of hydrogen-bond acceptors (Lipinski definition) is 5. The Labute approximate surface area is 110 Å². The highest BCUT2D eigenvalue weighted by Crippen LogP contribution is 2.31. The molecule has 1 aliphatic rings. The second kappa shape index (κ2) is 4.53. The molecule has 5 nitrogen and oxygen atoms in total. The Balaban J connectivity index is 2.10. The van der Waals surface area contributed by atoms with E-state index in [1.807, 2.05) is 28.9 Å². The van der Waals surface area contributed by atoms with Gasteiger partial charge in [-0.2, -0.15) is 0 Å². The molecule has 1 unspecified atom stereocenters. The fraction of sp³-hybridized carbons (Fsp3) is 0.333. The van der Waals surface area contributed by atoms with Crippen molar-refractivity contribution in [3.8, 4) is 17.1 Å². The summed E-state index contributed by atoms with van der Waals surface area (Å²) in [6, 6.07) is 8.23. The fourth-order valence-corrected chi connectivity index (χ4v) is 2.78. The zero-order valence-electron chi connectivity index (χ0n) is 10.3. The lowest BCUT2D eigenvalue weighted by Gasteiger charge is -2.23. The molecule has 0 amide bonds. The van der Waals surface area contributed by atoms with E-state index in [0.717, 1.165) is 28.0 Å². The van der Waals surface area contributed by atoms with Crippen molar-refractivity contribution in [2.45, 2.75) is 18.1 Å². The van der Waals surface area contributed by atoms with E-state index in [1.165, 1.54) is 0 Å². The van der Waals surface area contributed by atoms with E-state index in [1.54, 1.807) is 18.9 Å². The lowest BCUT2D eigenvalue weighted by Crippen LogP contribution is -2.32. The maximum atomic E-state index is 5.37. The molecule has 0 bridgehead atoms. The summed E-state index contributed by atoms with van der Waals surface area (Å²) in [5.41, 5.74) is 4.32. The standard InChI is InChI=1S/C12H14N4OS/c1-8-7-18-12-14-13-11(16(12)15-8)9-5-3-4-6-10(9)17-2/h3-6,8,15H,7H2,1-2H3. The Morgan fingerprint density at radius 3 is 3.06 bits per heavy atom. The van der Waals surface area contributed by atoms with Gasteiger partial charge in [-0.15, -0.1) is 10.2 Å². The summed E-state index contributed by atoms with van der Waals surface area (Å²) >= 11 is 1.71. The van der Waals surface area contributed by atoms with Crippen molar-refractivity contribution < 1.29 is 4.74 Å². The molecule has 2 aromatic rings. The zero-order valence-corrected chi connectivity index (χ0v) is 11.1. The molecular formula is C12H14N4OS. The molecule has 3 rings (SSSR count). The van der Waals surface area contributed by atoms with E-state index in [0.29, 0.717) is 6.04 Å². The van der Waals surface area contributed by atoms with E-state index in [4.69, 9.17) is 4.74 Å². The summed E-state index contributed by atoms with van der Waals surface area (Å²) in [6.45, 7) is 2.14. The second-order valence-corrected chi connectivity index (χ2v) is 5.17. The van der Waals surface area contributed by atoms with Crippen molar-refractivity contribution >= 4 is 11.8 Å². The topological polar surface area (TPSA) is 52.0 Å². The van der Waals surface area contributed by atoms with Crippen LogP contribution in [0, 0.1) is 0 Å². The molecule has 2 heterocycles. The number of fused-ring (bicyclic) bond motifs is 1. The van der Waals surface area contributed by atoms with Crippen LogP contribution < -0.4 is 10.2 Å². The van der Waals surface area contributed by atoms with Gasteiger partial charge in [0.1, 0.15) is 5.75 Å². The number of nitrogens with one attached hydrogen (secondary N) is 1. The maximum absolute atomic E-state index is 5.37. The summed E-state index contributed by atoms with van der Waals surface area (Å²) in [6.07, 6.45) is 0. The molecule has 0 saturated heterocycles. The summed E-state index contributed by atoms with van der Waals surface area (Å²) in [4.78, 5) is 0. The molecule has 18 heavy (non-hydrogen) atoms. The third-order valence-corrected chi connectivity index (χ3v) is 3.98. The minimum atomic E-state index is 0.395. The average molecular weight is 262 g/mol. The van der Waals surface area contributed by atoms with Crippen molar-refractivity contribution in [3.63, 3.8) is 0 Å². The van der Waals surface area contributed by atoms with Crippen LogP contribution in [0.1, 0.15) is 6.92 Å². The van der Waals surface area contributed by atoms with Gasteiger partial charge in [0.25, 0.3) is 0 Å². The van der Waals surface area contributed by atoms with Gasteiger partial charge in [0.2, 0.25) is 5.16 Å². The molecule has 0 aliphatic carbocycles. The molecule has 94 valence electrons. The van der Waals surface area contributed by atoms with Crippen molar-refractivity contribution in [1.29, 1.82) is 0 Å². The Morgan fingerprint density at radius 1 is 1.39 bits per heavy atom. The van der Waals surface area contributed by atoms with E-state index >= 15 is 0 Å². The van der Waals surface area contributed by atoms with Gasteiger partial charge in [0.05, 0.1) is 12.7 Å². The Morgan fingerprint density at radius 2 is 2.22 bits per heavy atom. The fourth-order valence-electron chi connectivity index (χ4n) is 1.94. The smallest absolute Gasteiger partial charge is 0.210 e. The number of rotatable bonds is 2. The minimum Gasteiger partial charge on any atom is -0.496 e. The van der Waals surface area contributed by atoms with Gasteiger partial charge in [-0.1, -0.05) is 23.9 Å². The first-order valence-electron chi connectivity index (χ1n) is 5.77. The monoisotopic (exact) mass is 262 g/mol. The lowest BCUT2D eigenvalue weighted by atomic mass is 10.2. The van der Waals surface area contributed by atoms with Crippen LogP contribution in [0.25, 0.3) is 11.4 Å². The van der Waals surface area contributed by atoms with Gasteiger partial charge in [-0.05, 0) is 19.1 Å². The summed E-state index contributed by atoms with van der Waals surface area (Å²) in [5, 5.41) is 9.36. The van der Waals surface area contributed by atoms with Crippen molar-refractivity contribution in [3.05, 3.63) is 24.3 Å². The maximum Gasteiger partial charge on any atom is 0.210 e. The SMILES string of the molecule is COc1ccccc1-c1nnc2n1NC(C)CS2. The molecule has 1 N–H and O–H groups in total. The number of nitrogens with zero attached hydrogens (tertiary/aromatic N) is 3. The highest BCUT2D eigenvalue weighted by molar-refractivity contribution is 7.99. The van der Waals surface area contributed by atoms with Crippen LogP contribution in [0.2, 0.25) is 0 Å². The zero-order chi connectivity index (χ0) is 12.5. The molecule has 1 aromatic heterocycles. The van der Waals surface area contributed by atoms with Gasteiger partial charge in [-0.3, -0.25) is 0 Å². The molecule has 0 radical (unpaired) electrons. The van der Waals surface area contributed by atoms with Crippen LogP contribution >= 0.6 is 11.8 Å². The summed E-state index contributed by atoms with van der Waals surface area (Å²) in [5.74, 6) is 2.60. The number of thioether (sulfide) groups is 1. The van der Waals surface area contributed by atoms with Gasteiger partial charge in [-0.25, -0.2) is 4.68 Å². The summed E-state index contributed by atoms with van der Waals surface area (Å²) in [7, 11) is 1.66. The molecule has 1 atom stereocenters. The number of aromatic nitrogens is 3. The van der Waals surface area contributed by atoms with Crippen LogP contribution in [0.4, 0.5) is 0 Å². The summed E-state index contributed by atoms with van der Waals surface area (Å²) < 4.78 is 7.31. The van der Waals surface area contributed by atoms with Gasteiger partial charge in [0, 0.05) is 11.8 Å². The number of benzene rings is 1. The molecule has 0 fully saturated rings. The van der Waals surface area contributed by atoms with Crippen molar-refractivity contribution in [1.82, 2.24) is 14.9 Å². The van der Waals surface area contributed by atoms with E-state index < -0.39 is 0 Å². The highest BCUT2D eigenvalue weighted by Gasteiger charge is 2.22. The molecule has 6 heteroatoms. The van der Waals surface area contributed by atoms with E-state index in [2.05, 4.69) is 22.5 Å². The van der Waals surface area contributed by atoms with E-state index in [-0.39, 0.29) is 0 Å². The number of hydrogen-bond donors (Lipinski definition) is 1. The lowest BCUT2D eigenvalue weighted by molar-refractivity contribution is 0.416. The predicted molar refractivity (Wildman–Crippen MR) is 71.6 cm³/mol. The predicted octanol–water partition coefficient (Wildman–Crippen LogP) is 1.99. The highest BCUT2D eigenvalue weighted by atomic mass is 32.2. The second-order valence-electron chi connectivity index (χ2n) is 4.18. The van der Waals surface area contributed by atoms with Crippen molar-refractivity contribution in [2.24, 2.45) is 0 Å². The third kappa shape index (κ3) is 1.82. The van der Waals surface area contributed by atoms with Crippen LogP contribution in [0.5, 0.6) is 5.75 Å². The van der Waals surface area contributed by atoms with E-state index in [9.17, 15) is 0 Å². The van der Waals surface area contributed by atoms with Gasteiger partial charge < -0.3 is 10.2 Å². The number of ether oxygens (including phenoxy) is 1. The molecule has 0 saturated carbocycles. The molecular weight excluding hydrogens is 248 g/mol. The number of methoxy groups -OCH3 is 1. The van der Waals surface area contributed by atoms with Gasteiger partial charge in [0.15, 0.2) is 5.82 Å². The van der Waals surface area contributed by atoms with Crippen LogP contribution in [-0.2, 0) is 0 Å². The molecule has 0 spiro atoms. The third-order valence-electron chi connectivity index (χ3n) is 2.79.